The van der Waals surface area contributed by atoms with E-state index >= 15 is 0 Å². The molecule has 3 heteroatoms. The smallest absolute Gasteiger partial charge is 0.0991 e. The molecule has 1 aliphatic rings. The molecule has 0 bridgehead atoms. The van der Waals surface area contributed by atoms with E-state index < -0.39 is 5.41 Å². The van der Waals surface area contributed by atoms with Gasteiger partial charge in [-0.3, -0.25) is 0 Å². The van der Waals surface area contributed by atoms with Crippen LogP contribution >= 0.6 is 0 Å². The number of pyridine rings is 2. The summed E-state index contributed by atoms with van der Waals surface area (Å²) in [5.74, 6) is 0. The Kier molecular flexibility index (Phi) is 6.10. The summed E-state index contributed by atoms with van der Waals surface area (Å²) in [4.78, 5) is 10.6. The van der Waals surface area contributed by atoms with Gasteiger partial charge < -0.3 is 0 Å². The van der Waals surface area contributed by atoms with E-state index in [2.05, 4.69) is 140 Å². The lowest BCUT2D eigenvalue weighted by Crippen LogP contribution is -2.29. The molecule has 0 amide bonds. The minimum Gasteiger partial charge on any atom is -0.245 e. The van der Waals surface area contributed by atoms with E-state index in [9.17, 15) is 5.26 Å². The van der Waals surface area contributed by atoms with Crippen LogP contribution in [0.25, 0.3) is 55.4 Å². The zero-order valence-electron chi connectivity index (χ0n) is 25.4. The highest BCUT2D eigenvalue weighted by Crippen LogP contribution is 2.58. The number of nitrogens with zero attached hydrogens (tertiary/aromatic N) is 3. The van der Waals surface area contributed by atoms with Crippen molar-refractivity contribution in [1.29, 1.82) is 5.26 Å². The van der Waals surface area contributed by atoms with Gasteiger partial charge in [0.1, 0.15) is 0 Å². The van der Waals surface area contributed by atoms with E-state index in [0.717, 1.165) is 44.3 Å². The van der Waals surface area contributed by atoms with Crippen molar-refractivity contribution < 1.29 is 0 Å². The maximum Gasteiger partial charge on any atom is 0.0991 e. The van der Waals surface area contributed by atoms with Crippen LogP contribution in [0.3, 0.4) is 0 Å². The molecule has 218 valence electrons. The van der Waals surface area contributed by atoms with Crippen molar-refractivity contribution in [2.75, 3.05) is 0 Å². The van der Waals surface area contributed by atoms with Gasteiger partial charge in [0.05, 0.1) is 39.5 Å². The molecule has 0 saturated heterocycles. The Bertz CT molecular complexity index is 2470. The molecule has 0 fully saturated rings. The Labute approximate surface area is 273 Å². The lowest BCUT2D eigenvalue weighted by Gasteiger charge is -2.35. The quantitative estimate of drug-likeness (QED) is 0.190. The highest BCUT2D eigenvalue weighted by Gasteiger charge is 2.47. The molecule has 0 radical (unpaired) electrons. The van der Waals surface area contributed by atoms with Crippen LogP contribution in [-0.4, -0.2) is 9.97 Å². The largest absolute Gasteiger partial charge is 0.245 e. The zero-order valence-corrected chi connectivity index (χ0v) is 25.4. The number of nitriles is 1. The number of benzene rings is 6. The van der Waals surface area contributed by atoms with Gasteiger partial charge in [0.2, 0.25) is 0 Å². The molecule has 47 heavy (non-hydrogen) atoms. The van der Waals surface area contributed by atoms with Crippen LogP contribution in [-0.2, 0) is 5.41 Å². The minimum atomic E-state index is -0.526. The third-order valence-electron chi connectivity index (χ3n) is 9.58. The van der Waals surface area contributed by atoms with Crippen LogP contribution < -0.4 is 0 Å². The summed E-state index contributed by atoms with van der Waals surface area (Å²) < 4.78 is 0. The highest BCUT2D eigenvalue weighted by molar-refractivity contribution is 6.04. The Morgan fingerprint density at radius 1 is 0.447 bits per heavy atom. The van der Waals surface area contributed by atoms with Gasteiger partial charge in [-0.2, -0.15) is 5.26 Å². The van der Waals surface area contributed by atoms with Crippen molar-refractivity contribution in [3.8, 4) is 39.7 Å². The van der Waals surface area contributed by atoms with Gasteiger partial charge >= 0.3 is 0 Å². The molecule has 1 aliphatic carbocycles. The molecular formula is C44H27N3. The summed E-state index contributed by atoms with van der Waals surface area (Å²) in [5.41, 5.74) is 13.1. The van der Waals surface area contributed by atoms with Gasteiger partial charge in [-0.15, -0.1) is 0 Å². The second-order valence-corrected chi connectivity index (χ2v) is 12.0. The monoisotopic (exact) mass is 597 g/mol. The van der Waals surface area contributed by atoms with Crippen molar-refractivity contribution in [3.63, 3.8) is 0 Å². The zero-order chi connectivity index (χ0) is 31.4. The van der Waals surface area contributed by atoms with Gasteiger partial charge in [-0.05, 0) is 57.6 Å². The van der Waals surface area contributed by atoms with Gasteiger partial charge in [0, 0.05) is 21.9 Å². The standard InChI is InChI=1S/C44H27N3/c45-28-29-18-20-30(21-19-29)39-26-24-31-22-23-32-25-27-40(47-43(32)42(31)46-39)37-16-9-15-36-35-14-7-8-17-38(35)44(41(36)37,33-10-3-1-4-11-33)34-12-5-2-6-13-34/h1-27H. The molecule has 2 aromatic heterocycles. The Hall–Kier alpha value is -6.37. The average Bonchev–Trinajstić information content (AvgIpc) is 3.46. The number of rotatable bonds is 4. The topological polar surface area (TPSA) is 49.6 Å². The fourth-order valence-electron chi connectivity index (χ4n) is 7.51. The molecular weight excluding hydrogens is 571 g/mol. The molecule has 0 saturated carbocycles. The first-order valence-electron chi connectivity index (χ1n) is 15.8. The van der Waals surface area contributed by atoms with Crippen LogP contribution in [0, 0.1) is 11.3 Å². The van der Waals surface area contributed by atoms with Gasteiger partial charge in [-0.25, -0.2) is 9.97 Å². The Balaban J connectivity index is 1.32. The molecule has 0 atom stereocenters. The van der Waals surface area contributed by atoms with Crippen molar-refractivity contribution in [2.24, 2.45) is 0 Å². The predicted octanol–water partition coefficient (Wildman–Crippen LogP) is 10.4. The first kappa shape index (κ1) is 27.0. The van der Waals surface area contributed by atoms with E-state index in [-0.39, 0.29) is 0 Å². The maximum atomic E-state index is 9.28. The predicted molar refractivity (Wildman–Crippen MR) is 190 cm³/mol. The number of hydrogen-bond donors (Lipinski definition) is 0. The maximum absolute atomic E-state index is 9.28. The fourth-order valence-corrected chi connectivity index (χ4v) is 7.51. The molecule has 6 aromatic carbocycles. The normalized spacial score (nSPS) is 12.8. The summed E-state index contributed by atoms with van der Waals surface area (Å²) in [5, 5.41) is 11.4. The van der Waals surface area contributed by atoms with Crippen molar-refractivity contribution in [1.82, 2.24) is 9.97 Å². The first-order chi connectivity index (χ1) is 23.3. The van der Waals surface area contributed by atoms with E-state index in [0.29, 0.717) is 5.56 Å². The fraction of sp³-hybridized carbons (Fsp3) is 0.0227. The number of hydrogen-bond acceptors (Lipinski definition) is 3. The second kappa shape index (κ2) is 10.6. The Morgan fingerprint density at radius 3 is 1.64 bits per heavy atom. The Morgan fingerprint density at radius 2 is 0.979 bits per heavy atom. The highest BCUT2D eigenvalue weighted by atomic mass is 14.8. The summed E-state index contributed by atoms with van der Waals surface area (Å²) >= 11 is 0. The first-order valence-corrected chi connectivity index (χ1v) is 15.8. The molecule has 8 aromatic rings. The molecule has 2 heterocycles. The molecule has 0 N–H and O–H groups in total. The summed E-state index contributed by atoms with van der Waals surface area (Å²) in [6.07, 6.45) is 0. The van der Waals surface area contributed by atoms with E-state index in [1.54, 1.807) is 0 Å². The van der Waals surface area contributed by atoms with Crippen LogP contribution in [0.15, 0.2) is 164 Å². The molecule has 0 aliphatic heterocycles. The molecule has 9 rings (SSSR count). The third-order valence-corrected chi connectivity index (χ3v) is 9.58. The van der Waals surface area contributed by atoms with Gasteiger partial charge in [0.15, 0.2) is 0 Å². The molecule has 0 spiro atoms. The number of fused-ring (bicyclic) bond motifs is 6. The van der Waals surface area contributed by atoms with E-state index in [1.807, 2.05) is 30.3 Å². The van der Waals surface area contributed by atoms with Crippen LogP contribution in [0.2, 0.25) is 0 Å². The minimum absolute atomic E-state index is 0.526. The number of aromatic nitrogens is 2. The van der Waals surface area contributed by atoms with Gasteiger partial charge in [-0.1, -0.05) is 140 Å². The van der Waals surface area contributed by atoms with E-state index in [1.165, 1.54) is 33.4 Å². The summed E-state index contributed by atoms with van der Waals surface area (Å²) in [7, 11) is 0. The summed E-state index contributed by atoms with van der Waals surface area (Å²) in [6, 6.07) is 59.7. The average molecular weight is 598 g/mol. The third kappa shape index (κ3) is 4.06. The van der Waals surface area contributed by atoms with Crippen LogP contribution in [0.4, 0.5) is 0 Å². The molecule has 0 unspecified atom stereocenters. The lowest BCUT2D eigenvalue weighted by molar-refractivity contribution is 0.770. The van der Waals surface area contributed by atoms with E-state index in [4.69, 9.17) is 9.97 Å². The SMILES string of the molecule is N#Cc1ccc(-c2ccc3ccc4ccc(-c5cccc6c5C(c5ccccc5)(c5ccccc5)c5ccccc5-6)nc4c3n2)cc1. The van der Waals surface area contributed by atoms with Crippen LogP contribution in [0.1, 0.15) is 27.8 Å². The second-order valence-electron chi connectivity index (χ2n) is 12.0. The van der Waals surface area contributed by atoms with Crippen molar-refractivity contribution >= 4 is 21.8 Å². The van der Waals surface area contributed by atoms with Gasteiger partial charge in [0.25, 0.3) is 0 Å². The summed E-state index contributed by atoms with van der Waals surface area (Å²) in [6.45, 7) is 0. The van der Waals surface area contributed by atoms with Crippen molar-refractivity contribution in [2.45, 2.75) is 5.41 Å². The van der Waals surface area contributed by atoms with Crippen LogP contribution in [0.5, 0.6) is 0 Å². The molecule has 3 nitrogen and oxygen atoms in total. The van der Waals surface area contributed by atoms with Crippen molar-refractivity contribution in [3.05, 3.63) is 192 Å². The lowest BCUT2D eigenvalue weighted by atomic mass is 9.66.